The number of carbonyl (C=O) groups excluding carboxylic acids is 2. The number of anilines is 1. The molecule has 11 heteroatoms. The van der Waals surface area contributed by atoms with Gasteiger partial charge in [-0.1, -0.05) is 38.1 Å². The highest BCUT2D eigenvalue weighted by Crippen LogP contribution is 2.24. The van der Waals surface area contributed by atoms with Gasteiger partial charge >= 0.3 is 10.2 Å². The van der Waals surface area contributed by atoms with Gasteiger partial charge in [0, 0.05) is 26.7 Å². The maximum absolute atomic E-state index is 14.7. The lowest BCUT2D eigenvalue weighted by Crippen LogP contribution is -2.54. The van der Waals surface area contributed by atoms with E-state index in [1.807, 2.05) is 13.8 Å². The van der Waals surface area contributed by atoms with Crippen LogP contribution in [0.3, 0.4) is 0 Å². The number of para-hydroxylation sites is 1. The van der Waals surface area contributed by atoms with Crippen LogP contribution < -0.4 is 14.4 Å². The van der Waals surface area contributed by atoms with Crippen molar-refractivity contribution in [1.82, 2.24) is 14.5 Å². The van der Waals surface area contributed by atoms with E-state index >= 15 is 0 Å². The topological polar surface area (TPSA) is 99.3 Å². The highest BCUT2D eigenvalue weighted by Gasteiger charge is 2.34. The van der Waals surface area contributed by atoms with Crippen LogP contribution in [0.25, 0.3) is 0 Å². The second-order valence-electron chi connectivity index (χ2n) is 8.86. The van der Waals surface area contributed by atoms with Crippen LogP contribution in [-0.2, 0) is 26.3 Å². The van der Waals surface area contributed by atoms with E-state index in [1.54, 1.807) is 38.3 Å². The van der Waals surface area contributed by atoms with Gasteiger partial charge in [-0.25, -0.2) is 8.70 Å². The van der Waals surface area contributed by atoms with E-state index in [2.05, 4.69) is 5.32 Å². The Morgan fingerprint density at radius 2 is 1.65 bits per heavy atom. The van der Waals surface area contributed by atoms with Gasteiger partial charge in [-0.05, 0) is 49.6 Å². The molecule has 2 rings (SSSR count). The fourth-order valence-corrected chi connectivity index (χ4v) is 4.71. The van der Waals surface area contributed by atoms with E-state index in [0.717, 1.165) is 20.2 Å². The van der Waals surface area contributed by atoms with E-state index in [1.165, 1.54) is 37.2 Å². The Hall–Kier alpha value is -3.18. The van der Waals surface area contributed by atoms with Gasteiger partial charge in [0.05, 0.1) is 12.8 Å². The Bertz CT molecular complexity index is 1160. The fourth-order valence-electron chi connectivity index (χ4n) is 3.64. The van der Waals surface area contributed by atoms with Crippen LogP contribution >= 0.6 is 0 Å². The predicted molar refractivity (Wildman–Crippen MR) is 142 cm³/mol. The lowest BCUT2D eigenvalue weighted by molar-refractivity contribution is -0.140. The Balaban J connectivity index is 2.51. The van der Waals surface area contributed by atoms with Gasteiger partial charge in [0.2, 0.25) is 11.8 Å². The molecular weight excluding hydrogens is 499 g/mol. The van der Waals surface area contributed by atoms with Crippen LogP contribution in [0.4, 0.5) is 10.1 Å². The SMILES string of the molecule is CC[C@H](C)NC(=O)[C@H](CC)N(Cc1ccc(OC)cc1)C(=O)CN(c1ccccc1F)S(=O)(=O)N(C)C. The maximum Gasteiger partial charge on any atom is 0.304 e. The number of methoxy groups -OCH3 is 1. The van der Waals surface area contributed by atoms with Crippen LogP contribution in [0.1, 0.15) is 39.2 Å². The zero-order chi connectivity index (χ0) is 27.8. The number of hydrogen-bond donors (Lipinski definition) is 1. The number of nitrogens with zero attached hydrogens (tertiary/aromatic N) is 3. The lowest BCUT2D eigenvalue weighted by Gasteiger charge is -2.34. The third kappa shape index (κ3) is 7.65. The first-order chi connectivity index (χ1) is 17.5. The van der Waals surface area contributed by atoms with Crippen molar-refractivity contribution in [1.29, 1.82) is 0 Å². The third-order valence-electron chi connectivity index (χ3n) is 6.04. The minimum absolute atomic E-state index is 0.0440. The molecule has 204 valence electrons. The molecule has 0 saturated heterocycles. The summed E-state index contributed by atoms with van der Waals surface area (Å²) < 4.78 is 47.8. The summed E-state index contributed by atoms with van der Waals surface area (Å²) >= 11 is 0. The van der Waals surface area contributed by atoms with Crippen molar-refractivity contribution in [2.75, 3.05) is 32.1 Å². The molecule has 2 aromatic rings. The fraction of sp³-hybridized carbons (Fsp3) is 0.462. The van der Waals surface area contributed by atoms with Crippen LogP contribution in [0.5, 0.6) is 5.75 Å². The standard InChI is InChI=1S/C26H37FN4O5S/c1-7-19(3)28-26(33)23(8-2)30(17-20-13-15-21(36-6)16-14-20)25(32)18-31(37(34,35)29(4)5)24-12-10-9-11-22(24)27/h9-16,19,23H,7-8,17-18H2,1-6H3,(H,28,33)/t19-,23-/m0/s1. The van der Waals surface area contributed by atoms with Crippen molar-refractivity contribution in [2.24, 2.45) is 0 Å². The number of carbonyl (C=O) groups is 2. The molecule has 0 heterocycles. The number of ether oxygens (including phenoxy) is 1. The molecule has 0 radical (unpaired) electrons. The molecule has 1 N–H and O–H groups in total. The Kier molecular flexibility index (Phi) is 10.9. The first-order valence-corrected chi connectivity index (χ1v) is 13.5. The molecule has 0 saturated carbocycles. The first kappa shape index (κ1) is 30.0. The van der Waals surface area contributed by atoms with Crippen LogP contribution in [0.15, 0.2) is 48.5 Å². The molecule has 0 fully saturated rings. The summed E-state index contributed by atoms with van der Waals surface area (Å²) in [6, 6.07) is 11.4. The zero-order valence-electron chi connectivity index (χ0n) is 22.3. The van der Waals surface area contributed by atoms with Gasteiger partial charge in [0.25, 0.3) is 0 Å². The van der Waals surface area contributed by atoms with Gasteiger partial charge in [-0.15, -0.1) is 0 Å². The van der Waals surface area contributed by atoms with Crippen molar-refractivity contribution in [3.8, 4) is 5.75 Å². The summed E-state index contributed by atoms with van der Waals surface area (Å²) in [4.78, 5) is 28.3. The van der Waals surface area contributed by atoms with E-state index < -0.39 is 34.5 Å². The normalized spacial score (nSPS) is 13.1. The number of halogens is 1. The molecule has 37 heavy (non-hydrogen) atoms. The van der Waals surface area contributed by atoms with Gasteiger partial charge < -0.3 is 15.0 Å². The molecule has 9 nitrogen and oxygen atoms in total. The second kappa shape index (κ2) is 13.4. The number of nitrogens with one attached hydrogen (secondary N) is 1. The molecule has 2 aromatic carbocycles. The van der Waals surface area contributed by atoms with Crippen molar-refractivity contribution in [3.05, 3.63) is 59.9 Å². The number of rotatable bonds is 13. The average Bonchev–Trinajstić information content (AvgIpc) is 2.87. The molecule has 0 aliphatic rings. The summed E-state index contributed by atoms with van der Waals surface area (Å²) in [6.45, 7) is 4.93. The summed E-state index contributed by atoms with van der Waals surface area (Å²) in [7, 11) is -0.0916. The van der Waals surface area contributed by atoms with Gasteiger partial charge in [0.1, 0.15) is 24.2 Å². The van der Waals surface area contributed by atoms with Gasteiger partial charge in [-0.2, -0.15) is 12.7 Å². The van der Waals surface area contributed by atoms with Crippen LogP contribution in [-0.4, -0.2) is 69.3 Å². The monoisotopic (exact) mass is 536 g/mol. The minimum atomic E-state index is -4.24. The van der Waals surface area contributed by atoms with E-state index in [-0.39, 0.29) is 24.2 Å². The van der Waals surface area contributed by atoms with Crippen LogP contribution in [0.2, 0.25) is 0 Å². The van der Waals surface area contributed by atoms with Gasteiger partial charge in [0.15, 0.2) is 0 Å². The number of benzene rings is 2. The molecule has 0 bridgehead atoms. The lowest BCUT2D eigenvalue weighted by atomic mass is 10.1. The molecular formula is C26H37FN4O5S. The Labute approximate surface area is 219 Å². The summed E-state index contributed by atoms with van der Waals surface area (Å²) in [6.07, 6.45) is 1.00. The van der Waals surface area contributed by atoms with Crippen molar-refractivity contribution >= 4 is 27.7 Å². The highest BCUT2D eigenvalue weighted by atomic mass is 32.2. The van der Waals surface area contributed by atoms with Crippen LogP contribution in [0, 0.1) is 5.82 Å². The molecule has 2 atom stereocenters. The highest BCUT2D eigenvalue weighted by molar-refractivity contribution is 7.90. The number of hydrogen-bond acceptors (Lipinski definition) is 5. The molecule has 2 amide bonds. The van der Waals surface area contributed by atoms with E-state index in [0.29, 0.717) is 18.6 Å². The third-order valence-corrected chi connectivity index (χ3v) is 7.84. The van der Waals surface area contributed by atoms with E-state index in [4.69, 9.17) is 4.74 Å². The largest absolute Gasteiger partial charge is 0.497 e. The summed E-state index contributed by atoms with van der Waals surface area (Å²) in [5.41, 5.74) is 0.461. The maximum atomic E-state index is 14.7. The molecule has 0 spiro atoms. The van der Waals surface area contributed by atoms with Crippen molar-refractivity contribution in [3.63, 3.8) is 0 Å². The molecule has 0 aliphatic carbocycles. The average molecular weight is 537 g/mol. The molecule has 0 aliphatic heterocycles. The van der Waals surface area contributed by atoms with Crippen molar-refractivity contribution in [2.45, 2.75) is 52.2 Å². The Morgan fingerprint density at radius 3 is 2.16 bits per heavy atom. The minimum Gasteiger partial charge on any atom is -0.497 e. The Morgan fingerprint density at radius 1 is 1.03 bits per heavy atom. The summed E-state index contributed by atoms with van der Waals surface area (Å²) in [5, 5.41) is 2.91. The van der Waals surface area contributed by atoms with Crippen molar-refractivity contribution < 1.29 is 27.1 Å². The summed E-state index contributed by atoms with van der Waals surface area (Å²) in [5.74, 6) is -1.14. The number of amides is 2. The smallest absolute Gasteiger partial charge is 0.304 e. The second-order valence-corrected chi connectivity index (χ2v) is 10.9. The quantitative estimate of drug-likeness (QED) is 0.424. The first-order valence-electron chi connectivity index (χ1n) is 12.1. The zero-order valence-corrected chi connectivity index (χ0v) is 23.1. The molecule has 0 aromatic heterocycles. The van der Waals surface area contributed by atoms with E-state index in [9.17, 15) is 22.4 Å². The molecule has 0 unspecified atom stereocenters. The van der Waals surface area contributed by atoms with Gasteiger partial charge in [-0.3, -0.25) is 9.59 Å². The predicted octanol–water partition coefficient (Wildman–Crippen LogP) is 3.17.